The molecule has 1 aliphatic rings. The van der Waals surface area contributed by atoms with Crippen LogP contribution >= 0.6 is 0 Å². The summed E-state index contributed by atoms with van der Waals surface area (Å²) >= 11 is 0. The fourth-order valence-corrected chi connectivity index (χ4v) is 2.62. The zero-order valence-corrected chi connectivity index (χ0v) is 12.6. The van der Waals surface area contributed by atoms with Gasteiger partial charge in [-0.3, -0.25) is 4.79 Å². The summed E-state index contributed by atoms with van der Waals surface area (Å²) in [7, 11) is 0. The van der Waals surface area contributed by atoms with Crippen LogP contribution in [0.2, 0.25) is 0 Å². The Bertz CT molecular complexity index is 1020. The van der Waals surface area contributed by atoms with Crippen LogP contribution in [-0.4, -0.2) is 5.91 Å². The molecule has 1 aliphatic heterocycles. The van der Waals surface area contributed by atoms with Crippen molar-refractivity contribution in [3.63, 3.8) is 0 Å². The Labute approximate surface area is 138 Å². The van der Waals surface area contributed by atoms with Gasteiger partial charge >= 0.3 is 0 Å². The summed E-state index contributed by atoms with van der Waals surface area (Å²) in [6.45, 7) is 0. The van der Waals surface area contributed by atoms with E-state index in [0.717, 1.165) is 22.0 Å². The minimum Gasteiger partial charge on any atom is -0.266 e. The van der Waals surface area contributed by atoms with Gasteiger partial charge in [0.25, 0.3) is 5.91 Å². The lowest BCUT2D eigenvalue weighted by atomic mass is 10.0. The van der Waals surface area contributed by atoms with Crippen LogP contribution in [0.15, 0.2) is 93.3 Å². The van der Waals surface area contributed by atoms with E-state index in [2.05, 4.69) is 20.5 Å². The van der Waals surface area contributed by atoms with Gasteiger partial charge in [-0.15, -0.1) is 15.3 Å². The molecule has 24 heavy (non-hydrogen) atoms. The molecule has 0 atom stereocenters. The van der Waals surface area contributed by atoms with Crippen molar-refractivity contribution in [3.05, 3.63) is 78.4 Å². The predicted octanol–water partition coefficient (Wildman–Crippen LogP) is 5.59. The minimum atomic E-state index is -0.358. The molecule has 4 rings (SSSR count). The normalized spacial score (nSPS) is 13.8. The molecule has 0 saturated carbocycles. The van der Waals surface area contributed by atoms with E-state index in [0.29, 0.717) is 11.4 Å². The van der Waals surface area contributed by atoms with Crippen molar-refractivity contribution in [1.82, 2.24) is 0 Å². The number of carbonyl (C=O) groups is 1. The summed E-state index contributed by atoms with van der Waals surface area (Å²) in [5, 5.41) is 18.2. The SMILES string of the molecule is O=C1C=C(c2c(N=Nc3ccccc3)ccc3ccccc23)N=N1. The van der Waals surface area contributed by atoms with Crippen LogP contribution in [0.25, 0.3) is 16.5 Å². The van der Waals surface area contributed by atoms with Gasteiger partial charge in [0.1, 0.15) is 5.70 Å². The van der Waals surface area contributed by atoms with Crippen LogP contribution < -0.4 is 0 Å². The van der Waals surface area contributed by atoms with Gasteiger partial charge in [0.15, 0.2) is 0 Å². The highest BCUT2D eigenvalue weighted by Gasteiger charge is 2.17. The molecule has 1 amide bonds. The van der Waals surface area contributed by atoms with Crippen LogP contribution in [0.3, 0.4) is 0 Å². The smallest absolute Gasteiger partial charge is 0.266 e. The van der Waals surface area contributed by atoms with Crippen molar-refractivity contribution in [1.29, 1.82) is 0 Å². The first-order valence-corrected chi connectivity index (χ1v) is 7.47. The fraction of sp³-hybridized carbons (Fsp3) is 0. The summed E-state index contributed by atoms with van der Waals surface area (Å²) in [6, 6.07) is 21.2. The first kappa shape index (κ1) is 14.1. The quantitative estimate of drug-likeness (QED) is 0.581. The molecule has 0 unspecified atom stereocenters. The number of amides is 1. The molecule has 3 aromatic rings. The highest BCUT2D eigenvalue weighted by Crippen LogP contribution is 2.37. The molecule has 3 aromatic carbocycles. The van der Waals surface area contributed by atoms with E-state index in [1.165, 1.54) is 6.08 Å². The number of benzene rings is 3. The van der Waals surface area contributed by atoms with Gasteiger partial charge in [0.05, 0.1) is 11.4 Å². The van der Waals surface area contributed by atoms with Crippen LogP contribution in [-0.2, 0) is 4.79 Å². The number of nitrogens with zero attached hydrogens (tertiary/aromatic N) is 4. The molecule has 1 heterocycles. The van der Waals surface area contributed by atoms with Gasteiger partial charge in [-0.05, 0) is 29.0 Å². The number of hydrogen-bond donors (Lipinski definition) is 0. The zero-order valence-electron chi connectivity index (χ0n) is 12.6. The molecule has 0 saturated heterocycles. The van der Waals surface area contributed by atoms with Crippen molar-refractivity contribution < 1.29 is 4.79 Å². The molecule has 0 aliphatic carbocycles. The highest BCUT2D eigenvalue weighted by atomic mass is 16.1. The Morgan fingerprint density at radius 3 is 2.33 bits per heavy atom. The second-order valence-electron chi connectivity index (χ2n) is 5.28. The van der Waals surface area contributed by atoms with Gasteiger partial charge in [-0.2, -0.15) is 5.11 Å². The van der Waals surface area contributed by atoms with E-state index in [1.54, 1.807) is 0 Å². The van der Waals surface area contributed by atoms with Crippen molar-refractivity contribution in [2.75, 3.05) is 0 Å². The van der Waals surface area contributed by atoms with Crippen LogP contribution in [0.4, 0.5) is 11.4 Å². The second-order valence-corrected chi connectivity index (χ2v) is 5.28. The lowest BCUT2D eigenvalue weighted by Gasteiger charge is -2.08. The third-order valence-electron chi connectivity index (χ3n) is 3.71. The molecular formula is C19H12N4O. The average molecular weight is 312 g/mol. The topological polar surface area (TPSA) is 66.5 Å². The van der Waals surface area contributed by atoms with Crippen LogP contribution in [0.5, 0.6) is 0 Å². The maximum Gasteiger partial charge on any atom is 0.290 e. The first-order chi connectivity index (χ1) is 11.8. The van der Waals surface area contributed by atoms with Gasteiger partial charge in [-0.25, -0.2) is 0 Å². The molecular weight excluding hydrogens is 300 g/mol. The lowest BCUT2D eigenvalue weighted by Crippen LogP contribution is -1.86. The number of rotatable bonds is 3. The Morgan fingerprint density at radius 1 is 0.750 bits per heavy atom. The van der Waals surface area contributed by atoms with Crippen LogP contribution in [0.1, 0.15) is 5.56 Å². The van der Waals surface area contributed by atoms with E-state index in [-0.39, 0.29) is 5.91 Å². The Hall–Kier alpha value is -3.47. The standard InChI is InChI=1S/C19H12N4O/c24-18-12-17(22-23-18)19-15-9-5-4-6-13(15)10-11-16(19)21-20-14-7-2-1-3-8-14/h1-12H. The number of fused-ring (bicyclic) bond motifs is 1. The van der Waals surface area contributed by atoms with E-state index < -0.39 is 0 Å². The van der Waals surface area contributed by atoms with Gasteiger partial charge < -0.3 is 0 Å². The lowest BCUT2D eigenvalue weighted by molar-refractivity contribution is -0.113. The van der Waals surface area contributed by atoms with E-state index >= 15 is 0 Å². The van der Waals surface area contributed by atoms with Crippen molar-refractivity contribution in [2.45, 2.75) is 0 Å². The summed E-state index contributed by atoms with van der Waals surface area (Å²) < 4.78 is 0. The fourth-order valence-electron chi connectivity index (χ4n) is 2.62. The predicted molar refractivity (Wildman–Crippen MR) is 92.4 cm³/mol. The molecule has 0 aromatic heterocycles. The van der Waals surface area contributed by atoms with Crippen molar-refractivity contribution in [2.24, 2.45) is 20.5 Å². The van der Waals surface area contributed by atoms with E-state index in [1.807, 2.05) is 66.7 Å². The minimum absolute atomic E-state index is 0.358. The van der Waals surface area contributed by atoms with Gasteiger partial charge in [0.2, 0.25) is 0 Å². The summed E-state index contributed by atoms with van der Waals surface area (Å²) in [4.78, 5) is 11.5. The molecule has 0 spiro atoms. The van der Waals surface area contributed by atoms with Gasteiger partial charge in [0, 0.05) is 11.6 Å². The Kier molecular flexibility index (Phi) is 3.51. The Balaban J connectivity index is 1.89. The molecule has 5 nitrogen and oxygen atoms in total. The highest BCUT2D eigenvalue weighted by molar-refractivity contribution is 6.05. The monoisotopic (exact) mass is 312 g/mol. The maximum atomic E-state index is 11.5. The zero-order chi connectivity index (χ0) is 16.4. The number of carbonyl (C=O) groups excluding carboxylic acids is 1. The average Bonchev–Trinajstić information content (AvgIpc) is 3.06. The summed E-state index contributed by atoms with van der Waals surface area (Å²) in [5.41, 5.74) is 2.69. The third-order valence-corrected chi connectivity index (χ3v) is 3.71. The summed E-state index contributed by atoms with van der Waals surface area (Å²) in [6.07, 6.45) is 1.42. The van der Waals surface area contributed by atoms with Crippen LogP contribution in [0, 0.1) is 0 Å². The van der Waals surface area contributed by atoms with Crippen molar-refractivity contribution >= 4 is 33.8 Å². The van der Waals surface area contributed by atoms with E-state index in [4.69, 9.17) is 0 Å². The molecule has 0 bridgehead atoms. The first-order valence-electron chi connectivity index (χ1n) is 7.47. The molecule has 0 fully saturated rings. The third kappa shape index (κ3) is 2.63. The number of hydrogen-bond acceptors (Lipinski definition) is 4. The largest absolute Gasteiger partial charge is 0.290 e. The summed E-state index contributed by atoms with van der Waals surface area (Å²) in [5.74, 6) is -0.358. The maximum absolute atomic E-state index is 11.5. The molecule has 0 N–H and O–H groups in total. The second kappa shape index (κ2) is 5.96. The van der Waals surface area contributed by atoms with E-state index in [9.17, 15) is 4.79 Å². The molecule has 5 heteroatoms. The Morgan fingerprint density at radius 2 is 1.54 bits per heavy atom. The molecule has 114 valence electrons. The number of azo groups is 2. The van der Waals surface area contributed by atoms with Gasteiger partial charge in [-0.1, -0.05) is 48.5 Å². The van der Waals surface area contributed by atoms with Crippen molar-refractivity contribution in [3.8, 4) is 0 Å². The molecule has 0 radical (unpaired) electrons.